The topological polar surface area (TPSA) is 25.8 Å². The van der Waals surface area contributed by atoms with Gasteiger partial charge in [0.1, 0.15) is 0 Å². The van der Waals surface area contributed by atoms with Crippen molar-refractivity contribution in [1.82, 2.24) is 9.97 Å². The molecule has 4 aromatic rings. The summed E-state index contributed by atoms with van der Waals surface area (Å²) in [6, 6.07) is 22.6. The summed E-state index contributed by atoms with van der Waals surface area (Å²) < 4.78 is 1.13. The monoisotopic (exact) mass is 802 g/mol. The van der Waals surface area contributed by atoms with E-state index in [-0.39, 0.29) is 24.8 Å². The van der Waals surface area contributed by atoms with Crippen molar-refractivity contribution in [2.75, 3.05) is 0 Å². The second kappa shape index (κ2) is 14.6. The van der Waals surface area contributed by atoms with Crippen LogP contribution < -0.4 is 24.8 Å². The molecule has 2 aliphatic rings. The van der Waals surface area contributed by atoms with Crippen molar-refractivity contribution in [3.63, 3.8) is 0 Å². The third-order valence-electron chi connectivity index (χ3n) is 9.26. The first-order chi connectivity index (χ1) is 20.6. The maximum Gasteiger partial charge on any atom is -1.00 e. The van der Waals surface area contributed by atoms with Crippen LogP contribution in [0.25, 0.3) is 34.7 Å². The molecule has 0 spiro atoms. The first-order valence-corrected chi connectivity index (χ1v) is 20.2. The van der Waals surface area contributed by atoms with Crippen molar-refractivity contribution in [3.05, 3.63) is 118 Å². The average Bonchev–Trinajstić information content (AvgIpc) is 3.56. The number of pyridine rings is 2. The molecule has 0 amide bonds. The average molecular weight is 802 g/mol. The number of rotatable bonds is 8. The number of benzene rings is 2. The molecule has 0 N–H and O–H groups in total. The Morgan fingerprint density at radius 2 is 0.933 bits per heavy atom. The molecule has 2 aromatic carbocycles. The largest absolute Gasteiger partial charge is 1.00 e. The molecule has 2 unspecified atom stereocenters. The van der Waals surface area contributed by atoms with Gasteiger partial charge in [-0.1, -0.05) is 0 Å². The van der Waals surface area contributed by atoms with Gasteiger partial charge in [0, 0.05) is 0 Å². The van der Waals surface area contributed by atoms with Gasteiger partial charge in [-0.2, -0.15) is 0 Å². The molecular formula is C40H44Cl2HfN2. The quantitative estimate of drug-likeness (QED) is 0.234. The van der Waals surface area contributed by atoms with E-state index in [9.17, 15) is 0 Å². The Balaban J connectivity index is 0.00000230. The Bertz CT molecular complexity index is 1580. The first-order valence-electron chi connectivity index (χ1n) is 16.0. The number of fused-ring (bicyclic) bond motifs is 2. The van der Waals surface area contributed by atoms with Crippen molar-refractivity contribution in [2.24, 2.45) is 11.8 Å². The summed E-state index contributed by atoms with van der Waals surface area (Å²) in [5.74, 6) is 1.97. The molecule has 0 aliphatic heterocycles. The summed E-state index contributed by atoms with van der Waals surface area (Å²) >= 11 is -1.39. The Morgan fingerprint density at radius 3 is 1.24 bits per heavy atom. The van der Waals surface area contributed by atoms with Gasteiger partial charge in [-0.15, -0.1) is 0 Å². The van der Waals surface area contributed by atoms with Crippen molar-refractivity contribution < 1.29 is 47.7 Å². The van der Waals surface area contributed by atoms with Gasteiger partial charge in [0.15, 0.2) is 0 Å². The van der Waals surface area contributed by atoms with Crippen molar-refractivity contribution in [2.45, 2.75) is 74.6 Å². The molecule has 5 heteroatoms. The minimum Gasteiger partial charge on any atom is -1.00 e. The second-order valence-corrected chi connectivity index (χ2v) is 18.9. The molecule has 0 fully saturated rings. The Labute approximate surface area is 294 Å². The molecule has 2 aliphatic carbocycles. The zero-order valence-corrected chi connectivity index (χ0v) is 32.8. The number of hydrogen-bond acceptors (Lipinski definition) is 2. The van der Waals surface area contributed by atoms with E-state index < -0.39 is 22.9 Å². The van der Waals surface area contributed by atoms with Crippen LogP contribution >= 0.6 is 0 Å². The SMILES string of the molecule is CC(C)C1=Cc2c(-c3ccccn3)cc(C(C)C)cc2[CH]1[Hf+2][CH]1C(C(C)C)=Cc2c(-c3ccccn3)cc(C(C)C)cc21.[Cl-].[Cl-]. The maximum atomic E-state index is 4.83. The summed E-state index contributed by atoms with van der Waals surface area (Å²) in [4.78, 5) is 9.65. The van der Waals surface area contributed by atoms with Gasteiger partial charge in [-0.3, -0.25) is 0 Å². The van der Waals surface area contributed by atoms with Crippen LogP contribution in [0.4, 0.5) is 0 Å². The number of aromatic nitrogens is 2. The van der Waals surface area contributed by atoms with Crippen LogP contribution in [-0.2, 0) is 22.9 Å². The van der Waals surface area contributed by atoms with Gasteiger partial charge < -0.3 is 24.8 Å². The van der Waals surface area contributed by atoms with Crippen molar-refractivity contribution >= 4 is 12.2 Å². The predicted molar refractivity (Wildman–Crippen MR) is 179 cm³/mol. The van der Waals surface area contributed by atoms with Gasteiger partial charge in [-0.25, -0.2) is 0 Å². The van der Waals surface area contributed by atoms with Crippen molar-refractivity contribution in [1.29, 1.82) is 0 Å². The summed E-state index contributed by atoms with van der Waals surface area (Å²) in [7, 11) is 0. The van der Waals surface area contributed by atoms with Gasteiger partial charge in [0.25, 0.3) is 0 Å². The molecule has 6 rings (SSSR count). The number of halogens is 2. The zero-order valence-electron chi connectivity index (χ0n) is 27.7. The fraction of sp³-hybridized carbons (Fsp3) is 0.350. The molecule has 0 radical (unpaired) electrons. The van der Waals surface area contributed by atoms with Crippen LogP contribution in [-0.4, -0.2) is 9.97 Å². The van der Waals surface area contributed by atoms with E-state index in [0.717, 1.165) is 11.4 Å². The minimum atomic E-state index is -1.39. The molecule has 0 saturated heterocycles. The van der Waals surface area contributed by atoms with E-state index in [2.05, 4.69) is 116 Å². The zero-order chi connectivity index (χ0) is 30.4. The number of nitrogens with zero attached hydrogens (tertiary/aromatic N) is 2. The summed E-state index contributed by atoms with van der Waals surface area (Å²) in [5, 5.41) is 0. The Kier molecular flexibility index (Phi) is 11.5. The van der Waals surface area contributed by atoms with Crippen LogP contribution in [0.15, 0.2) is 84.2 Å². The molecule has 0 bridgehead atoms. The van der Waals surface area contributed by atoms with Gasteiger partial charge in [0.2, 0.25) is 0 Å². The second-order valence-electron chi connectivity index (χ2n) is 13.5. The standard InChI is InChI=1S/2C20H22N.2ClH.Hf/c2*1-13(2)15-9-17-10-16(14(3)4)12-19(18(17)11-15)20-7-5-6-8-21-20;;;/h2*5-14H,1-4H3;2*1H;/q;;;;+2/p-2. The van der Waals surface area contributed by atoms with Gasteiger partial charge in [-0.05, 0) is 0 Å². The third-order valence-corrected chi connectivity index (χ3v) is 16.3. The van der Waals surface area contributed by atoms with Gasteiger partial charge in [0.05, 0.1) is 0 Å². The predicted octanol–water partition coefficient (Wildman–Crippen LogP) is 5.04. The van der Waals surface area contributed by atoms with E-state index in [1.165, 1.54) is 33.4 Å². The maximum absolute atomic E-state index is 4.83. The van der Waals surface area contributed by atoms with Crippen molar-refractivity contribution in [3.8, 4) is 22.5 Å². The molecule has 2 heterocycles. The molecular weight excluding hydrogens is 758 g/mol. The van der Waals surface area contributed by atoms with Gasteiger partial charge >= 0.3 is 272 Å². The molecule has 2 aromatic heterocycles. The van der Waals surface area contributed by atoms with E-state index in [0.29, 0.717) is 31.0 Å². The first kappa shape index (κ1) is 35.5. The van der Waals surface area contributed by atoms with Crippen LogP contribution in [0, 0.1) is 11.8 Å². The fourth-order valence-electron chi connectivity index (χ4n) is 6.73. The van der Waals surface area contributed by atoms with E-state index in [4.69, 9.17) is 9.97 Å². The molecule has 232 valence electrons. The van der Waals surface area contributed by atoms with Crippen LogP contribution in [0.3, 0.4) is 0 Å². The van der Waals surface area contributed by atoms with E-state index in [1.807, 2.05) is 24.5 Å². The third kappa shape index (κ3) is 6.87. The van der Waals surface area contributed by atoms with Crippen LogP contribution in [0.2, 0.25) is 0 Å². The van der Waals surface area contributed by atoms with Crippen LogP contribution in [0.5, 0.6) is 0 Å². The smallest absolute Gasteiger partial charge is 1.00 e. The minimum absolute atomic E-state index is 0. The Morgan fingerprint density at radius 1 is 0.533 bits per heavy atom. The number of hydrogen-bond donors (Lipinski definition) is 0. The molecule has 0 saturated carbocycles. The molecule has 45 heavy (non-hydrogen) atoms. The number of allylic oxidation sites excluding steroid dienone is 2. The van der Waals surface area contributed by atoms with E-state index in [1.54, 1.807) is 22.3 Å². The summed E-state index contributed by atoms with van der Waals surface area (Å²) in [6.07, 6.45) is 8.99. The van der Waals surface area contributed by atoms with Crippen LogP contribution in [0.1, 0.15) is 108 Å². The normalized spacial score (nSPS) is 16.6. The molecule has 2 atom stereocenters. The molecule has 2 nitrogen and oxygen atoms in total. The summed E-state index contributed by atoms with van der Waals surface area (Å²) in [5.41, 5.74) is 16.9. The fourth-order valence-corrected chi connectivity index (χ4v) is 15.3. The summed E-state index contributed by atoms with van der Waals surface area (Å²) in [6.45, 7) is 18.9. The Hall–Kier alpha value is -2.33. The van der Waals surface area contributed by atoms with E-state index >= 15 is 0 Å².